The van der Waals surface area contributed by atoms with Crippen LogP contribution in [0.15, 0.2) is 0 Å². The summed E-state index contributed by atoms with van der Waals surface area (Å²) < 4.78 is 0. The van der Waals surface area contributed by atoms with Crippen molar-refractivity contribution in [3.05, 3.63) is 0 Å². The van der Waals surface area contributed by atoms with E-state index in [1.165, 1.54) is 0 Å². The summed E-state index contributed by atoms with van der Waals surface area (Å²) in [6.07, 6.45) is 0. The molecule has 4 radical (unpaired) electrons. The van der Waals surface area contributed by atoms with Gasteiger partial charge < -0.3 is 11.0 Å². The third-order valence-corrected chi connectivity index (χ3v) is 0. The molecule has 0 atom stereocenters. The first-order chi connectivity index (χ1) is 0. The van der Waals surface area contributed by atoms with Crippen LogP contribution in [0.2, 0.25) is 0 Å². The molecule has 0 bridgehead atoms. The summed E-state index contributed by atoms with van der Waals surface area (Å²) in [5, 5.41) is 0. The first-order valence-electron chi connectivity index (χ1n) is 0. The van der Waals surface area contributed by atoms with Crippen LogP contribution >= 0.6 is 0 Å². The molecule has 0 fully saturated rings. The van der Waals surface area contributed by atoms with Gasteiger partial charge in [-0.2, -0.15) is 0 Å². The minimum Gasteiger partial charge on any atom is -2.00 e. The minimum atomic E-state index is 0. The van der Waals surface area contributed by atoms with Crippen molar-refractivity contribution in [1.82, 2.24) is 0 Å². The van der Waals surface area contributed by atoms with Crippen molar-refractivity contribution >= 4 is 17.4 Å². The smallest absolute Gasteiger partial charge is 2.00 e. The van der Waals surface area contributed by atoms with Crippen molar-refractivity contribution in [2.75, 3.05) is 0 Å². The summed E-state index contributed by atoms with van der Waals surface area (Å²) in [6.45, 7) is 0. The van der Waals surface area contributed by atoms with Crippen LogP contribution in [0, 0.1) is 0 Å². The first-order valence-corrected chi connectivity index (χ1v) is 0. The second-order valence-electron chi connectivity index (χ2n) is 0. The van der Waals surface area contributed by atoms with Gasteiger partial charge in [0.1, 0.15) is 0 Å². The second kappa shape index (κ2) is 37.1. The van der Waals surface area contributed by atoms with Gasteiger partial charge in [-0.1, -0.05) is 0 Å². The summed E-state index contributed by atoms with van der Waals surface area (Å²) in [6, 6.07) is 0. The Kier molecular flexibility index (Phi) is 771. The van der Waals surface area contributed by atoms with E-state index in [0.717, 1.165) is 0 Å². The van der Waals surface area contributed by atoms with Crippen LogP contribution in [0.5, 0.6) is 0 Å². The van der Waals surface area contributed by atoms with Crippen LogP contribution in [-0.2, 0) is 28.0 Å². The van der Waals surface area contributed by atoms with Crippen molar-refractivity contribution in [2.24, 2.45) is 0 Å². The molecule has 0 aliphatic carbocycles. The molecule has 4 heteroatoms. The van der Waals surface area contributed by atoms with Crippen molar-refractivity contribution in [3.8, 4) is 0 Å². The van der Waals surface area contributed by atoms with E-state index >= 15 is 0 Å². The Morgan fingerprint density at radius 3 is 0.750 bits per heavy atom. The summed E-state index contributed by atoms with van der Waals surface area (Å²) in [5.41, 5.74) is 0. The molecule has 0 spiro atoms. The SMILES string of the molecule is [Al].[Mn+4].[O-2].[O-2]. The van der Waals surface area contributed by atoms with Crippen molar-refractivity contribution in [3.63, 3.8) is 0 Å². The van der Waals surface area contributed by atoms with Gasteiger partial charge in [0.15, 0.2) is 0 Å². The Hall–Kier alpha value is 0.972. The maximum Gasteiger partial charge on any atom is 4.00 e. The van der Waals surface area contributed by atoms with E-state index in [0.29, 0.717) is 0 Å². The molecule has 0 heterocycles. The second-order valence-corrected chi connectivity index (χ2v) is 0. The molecule has 0 aromatic rings. The molecule has 0 aliphatic heterocycles. The zero-order valence-corrected chi connectivity index (χ0v) is 4.11. The van der Waals surface area contributed by atoms with Gasteiger partial charge in [0.05, 0.1) is 0 Å². The van der Waals surface area contributed by atoms with Crippen LogP contribution in [0.4, 0.5) is 0 Å². The first kappa shape index (κ1) is 83.0. The molecule has 0 aliphatic rings. The van der Waals surface area contributed by atoms with E-state index in [2.05, 4.69) is 0 Å². The molecule has 0 saturated carbocycles. The molecule has 0 amide bonds. The van der Waals surface area contributed by atoms with Crippen molar-refractivity contribution in [1.29, 1.82) is 0 Å². The number of rotatable bonds is 0. The topological polar surface area (TPSA) is 57.0 Å². The molecule has 0 aromatic carbocycles. The standard InChI is InChI=1S/Al.Mn.2O/q;+4;2*-2. The number of hydrogen-bond donors (Lipinski definition) is 0. The van der Waals surface area contributed by atoms with Gasteiger partial charge in [0.2, 0.25) is 0 Å². The molecule has 2 nitrogen and oxygen atoms in total. The molecule has 4 heavy (non-hydrogen) atoms. The van der Waals surface area contributed by atoms with Gasteiger partial charge in [0.25, 0.3) is 0 Å². The molecule has 0 aromatic heterocycles. The molecule has 0 rings (SSSR count). The fourth-order valence-electron chi connectivity index (χ4n) is 0. The Labute approximate surface area is 45.8 Å². The van der Waals surface area contributed by atoms with Gasteiger partial charge in [0, 0.05) is 17.4 Å². The van der Waals surface area contributed by atoms with E-state index in [-0.39, 0.29) is 45.4 Å². The van der Waals surface area contributed by atoms with E-state index in [1.54, 1.807) is 0 Å². The maximum absolute atomic E-state index is 0. The monoisotopic (exact) mass is 114 g/mol. The summed E-state index contributed by atoms with van der Waals surface area (Å²) >= 11 is 0. The average molecular weight is 114 g/mol. The molecular formula is AlMnO2. The summed E-state index contributed by atoms with van der Waals surface area (Å²) in [4.78, 5) is 0. The van der Waals surface area contributed by atoms with Gasteiger partial charge in [-0.05, 0) is 0 Å². The molecule has 0 unspecified atom stereocenters. The fraction of sp³-hybridized carbons (Fsp3) is 0. The Morgan fingerprint density at radius 2 is 0.750 bits per heavy atom. The zero-order valence-electron chi connectivity index (χ0n) is 1.77. The minimum absolute atomic E-state index is 0. The summed E-state index contributed by atoms with van der Waals surface area (Å²) in [5.74, 6) is 0. The molecule has 22 valence electrons. The largest absolute Gasteiger partial charge is 4.00 e. The van der Waals surface area contributed by atoms with E-state index < -0.39 is 0 Å². The number of hydrogen-bond acceptors (Lipinski definition) is 0. The van der Waals surface area contributed by atoms with Gasteiger partial charge >= 0.3 is 17.1 Å². The summed E-state index contributed by atoms with van der Waals surface area (Å²) in [7, 11) is 0. The van der Waals surface area contributed by atoms with Gasteiger partial charge in [-0.25, -0.2) is 0 Å². The van der Waals surface area contributed by atoms with Gasteiger partial charge in [-0.15, -0.1) is 0 Å². The van der Waals surface area contributed by atoms with Crippen molar-refractivity contribution in [2.45, 2.75) is 0 Å². The molecule has 0 saturated heterocycles. The van der Waals surface area contributed by atoms with Crippen LogP contribution < -0.4 is 0 Å². The maximum atomic E-state index is 0. The Bertz CT molecular complexity index is 6.00. The average Bonchev–Trinajstić information content (AvgIpc) is 0. The van der Waals surface area contributed by atoms with Gasteiger partial charge in [-0.3, -0.25) is 0 Å². The van der Waals surface area contributed by atoms with E-state index in [1.807, 2.05) is 0 Å². The van der Waals surface area contributed by atoms with Crippen molar-refractivity contribution < 1.29 is 28.0 Å². The van der Waals surface area contributed by atoms with Crippen LogP contribution in [0.1, 0.15) is 0 Å². The van der Waals surface area contributed by atoms with Crippen LogP contribution in [-0.4, -0.2) is 17.4 Å². The zero-order chi connectivity index (χ0) is 0. The van der Waals surface area contributed by atoms with Crippen LogP contribution in [0.3, 0.4) is 0 Å². The fourth-order valence-corrected chi connectivity index (χ4v) is 0. The quantitative estimate of drug-likeness (QED) is 0.377. The van der Waals surface area contributed by atoms with Crippen LogP contribution in [0.25, 0.3) is 0 Å². The van der Waals surface area contributed by atoms with E-state index in [9.17, 15) is 0 Å². The third kappa shape index (κ3) is 12.2. The third-order valence-electron chi connectivity index (χ3n) is 0. The predicted octanol–water partition coefficient (Wildman–Crippen LogP) is -0.621. The Balaban J connectivity index is 0. The predicted molar refractivity (Wildman–Crippen MR) is 7.13 cm³/mol. The normalized spacial score (nSPS) is 0. The molecule has 0 N–H and O–H groups in total. The Morgan fingerprint density at radius 1 is 0.750 bits per heavy atom. The van der Waals surface area contributed by atoms with E-state index in [4.69, 9.17) is 0 Å². The molecular weight excluding hydrogens is 114 g/mol.